The maximum Gasteiger partial charge on any atom is 0.408 e. The van der Waals surface area contributed by atoms with E-state index in [0.29, 0.717) is 25.3 Å². The molecule has 0 aliphatic rings. The second-order valence-corrected chi connectivity index (χ2v) is 12.4. The zero-order valence-electron chi connectivity index (χ0n) is 25.7. The molecular formula is C31H53N3O4S. The van der Waals surface area contributed by atoms with Gasteiger partial charge in [0.05, 0.1) is 0 Å². The van der Waals surface area contributed by atoms with Gasteiger partial charge in [0.1, 0.15) is 17.7 Å². The van der Waals surface area contributed by atoms with Crippen LogP contribution in [0.3, 0.4) is 0 Å². The van der Waals surface area contributed by atoms with Crippen molar-refractivity contribution in [2.45, 2.75) is 118 Å². The van der Waals surface area contributed by atoms with Crippen LogP contribution in [0.1, 0.15) is 109 Å². The topological polar surface area (TPSA) is 87.7 Å². The largest absolute Gasteiger partial charge is 0.444 e. The fourth-order valence-electron chi connectivity index (χ4n) is 4.52. The summed E-state index contributed by atoms with van der Waals surface area (Å²) in [6.45, 7) is 14.6. The van der Waals surface area contributed by atoms with Crippen molar-refractivity contribution in [3.8, 4) is 0 Å². The highest BCUT2D eigenvalue weighted by Gasteiger charge is 2.36. The molecule has 3 amide bonds. The average molecular weight is 564 g/mol. The van der Waals surface area contributed by atoms with Gasteiger partial charge in [-0.05, 0) is 71.5 Å². The summed E-state index contributed by atoms with van der Waals surface area (Å²) in [6, 6.07) is 4.48. The smallest absolute Gasteiger partial charge is 0.408 e. The van der Waals surface area contributed by atoms with Crippen molar-refractivity contribution in [1.29, 1.82) is 0 Å². The van der Waals surface area contributed by atoms with Crippen LogP contribution in [0.15, 0.2) is 18.2 Å². The van der Waals surface area contributed by atoms with Gasteiger partial charge in [0.15, 0.2) is 0 Å². The zero-order chi connectivity index (χ0) is 29.4. The lowest BCUT2D eigenvalue weighted by Gasteiger charge is -2.35. The van der Waals surface area contributed by atoms with E-state index in [-0.39, 0.29) is 11.8 Å². The molecular weight excluding hydrogens is 510 g/mol. The van der Waals surface area contributed by atoms with E-state index in [1.54, 1.807) is 37.4 Å². The van der Waals surface area contributed by atoms with Crippen LogP contribution >= 0.6 is 11.8 Å². The Morgan fingerprint density at radius 1 is 0.949 bits per heavy atom. The number of hydrogen-bond acceptors (Lipinski definition) is 5. The number of aryl methyl sites for hydroxylation is 2. The van der Waals surface area contributed by atoms with Crippen LogP contribution in [0.4, 0.5) is 4.79 Å². The Morgan fingerprint density at radius 2 is 1.56 bits per heavy atom. The minimum Gasteiger partial charge on any atom is -0.444 e. The lowest BCUT2D eigenvalue weighted by molar-refractivity contribution is -0.142. The first kappa shape index (κ1) is 34.8. The van der Waals surface area contributed by atoms with E-state index >= 15 is 0 Å². The van der Waals surface area contributed by atoms with Crippen molar-refractivity contribution in [2.75, 3.05) is 25.1 Å². The number of thioether (sulfide) groups is 1. The zero-order valence-corrected chi connectivity index (χ0v) is 26.5. The molecule has 0 aromatic heterocycles. The fourth-order valence-corrected chi connectivity index (χ4v) is 4.99. The Hall–Kier alpha value is -2.22. The summed E-state index contributed by atoms with van der Waals surface area (Å²) in [5.74, 6) is 0.254. The number of rotatable bonds is 17. The van der Waals surface area contributed by atoms with Gasteiger partial charge in [-0.3, -0.25) is 9.59 Å². The highest BCUT2D eigenvalue weighted by Crippen LogP contribution is 2.26. The van der Waals surface area contributed by atoms with Gasteiger partial charge >= 0.3 is 6.09 Å². The second kappa shape index (κ2) is 18.2. The summed E-state index contributed by atoms with van der Waals surface area (Å²) in [5, 5.41) is 5.89. The highest BCUT2D eigenvalue weighted by atomic mass is 32.2. The van der Waals surface area contributed by atoms with Crippen molar-refractivity contribution in [1.82, 2.24) is 15.5 Å². The van der Waals surface area contributed by atoms with Crippen molar-refractivity contribution in [2.24, 2.45) is 0 Å². The summed E-state index contributed by atoms with van der Waals surface area (Å²) in [5.41, 5.74) is 2.19. The first-order valence-corrected chi connectivity index (χ1v) is 16.0. The molecule has 0 heterocycles. The molecule has 1 aromatic carbocycles. The Labute approximate surface area is 241 Å². The van der Waals surface area contributed by atoms with E-state index in [9.17, 15) is 14.4 Å². The van der Waals surface area contributed by atoms with Gasteiger partial charge in [-0.25, -0.2) is 4.79 Å². The standard InChI is InChI=1S/C31H53N3O4S/c1-9-11-13-14-15-18-34(29(36)26(16-19-39-8)33-30(37)38-31(5,6)7)27(28(35)32-17-12-10-2)25-21-23(3)20-24(4)22-25/h20-22,26-27H,9-19H2,1-8H3,(H,32,35)(H,33,37). The molecule has 0 bridgehead atoms. The Balaban J connectivity index is 3.47. The van der Waals surface area contributed by atoms with Gasteiger partial charge in [-0.15, -0.1) is 0 Å². The number of amides is 3. The third-order valence-corrected chi connectivity index (χ3v) is 6.98. The fraction of sp³-hybridized carbons (Fsp3) is 0.710. The van der Waals surface area contributed by atoms with Crippen molar-refractivity contribution in [3.05, 3.63) is 34.9 Å². The van der Waals surface area contributed by atoms with E-state index in [1.165, 1.54) is 0 Å². The molecule has 222 valence electrons. The molecule has 0 aliphatic heterocycles. The van der Waals surface area contributed by atoms with Crippen LogP contribution in [0, 0.1) is 13.8 Å². The number of alkyl carbamates (subject to hydrolysis) is 1. The number of nitrogens with one attached hydrogen (secondary N) is 2. The molecule has 0 saturated heterocycles. The maximum atomic E-state index is 14.3. The van der Waals surface area contributed by atoms with Gasteiger partial charge in [-0.1, -0.05) is 75.3 Å². The lowest BCUT2D eigenvalue weighted by atomic mass is 9.97. The number of ether oxygens (including phenoxy) is 1. The predicted molar refractivity (Wildman–Crippen MR) is 163 cm³/mol. The van der Waals surface area contributed by atoms with Gasteiger partial charge in [0, 0.05) is 13.1 Å². The molecule has 2 unspecified atom stereocenters. The normalized spacial score (nSPS) is 12.9. The molecule has 1 rings (SSSR count). The van der Waals surface area contributed by atoms with E-state index in [2.05, 4.69) is 30.5 Å². The molecule has 0 spiro atoms. The Bertz CT molecular complexity index is 880. The highest BCUT2D eigenvalue weighted by molar-refractivity contribution is 7.98. The van der Waals surface area contributed by atoms with Gasteiger partial charge in [0.25, 0.3) is 0 Å². The van der Waals surface area contributed by atoms with Crippen molar-refractivity contribution < 1.29 is 19.1 Å². The third-order valence-electron chi connectivity index (χ3n) is 6.33. The van der Waals surface area contributed by atoms with Crippen LogP contribution < -0.4 is 10.6 Å². The number of nitrogens with zero attached hydrogens (tertiary/aromatic N) is 1. The summed E-state index contributed by atoms with van der Waals surface area (Å²) >= 11 is 1.61. The quantitative estimate of drug-likeness (QED) is 0.206. The number of hydrogen-bond donors (Lipinski definition) is 2. The molecule has 0 radical (unpaired) electrons. The Kier molecular flexibility index (Phi) is 16.2. The number of carbonyl (C=O) groups is 3. The van der Waals surface area contributed by atoms with Crippen molar-refractivity contribution >= 4 is 29.7 Å². The second-order valence-electron chi connectivity index (χ2n) is 11.4. The molecule has 2 N–H and O–H groups in total. The summed E-state index contributed by atoms with van der Waals surface area (Å²) < 4.78 is 5.49. The lowest BCUT2D eigenvalue weighted by Crippen LogP contribution is -2.53. The molecule has 0 saturated carbocycles. The van der Waals surface area contributed by atoms with E-state index in [4.69, 9.17) is 4.74 Å². The van der Waals surface area contributed by atoms with Gasteiger partial charge in [0.2, 0.25) is 11.8 Å². The van der Waals surface area contributed by atoms with Gasteiger partial charge in [-0.2, -0.15) is 11.8 Å². The minimum absolute atomic E-state index is 0.184. The summed E-state index contributed by atoms with van der Waals surface area (Å²) in [6.07, 6.45) is 8.75. The Morgan fingerprint density at radius 3 is 2.13 bits per heavy atom. The molecule has 2 atom stereocenters. The average Bonchev–Trinajstić information content (AvgIpc) is 2.83. The van der Waals surface area contributed by atoms with Crippen LogP contribution in [-0.4, -0.2) is 59.5 Å². The predicted octanol–water partition coefficient (Wildman–Crippen LogP) is 6.71. The van der Waals surface area contributed by atoms with E-state index in [1.807, 2.05) is 32.2 Å². The first-order chi connectivity index (χ1) is 18.4. The number of benzene rings is 1. The SMILES string of the molecule is CCCCCCCN(C(=O)C(CCSC)NC(=O)OC(C)(C)C)C(C(=O)NCCCC)c1cc(C)cc(C)c1. The number of unbranched alkanes of at least 4 members (excludes halogenated alkanes) is 5. The minimum atomic E-state index is -0.792. The molecule has 7 nitrogen and oxygen atoms in total. The summed E-state index contributed by atoms with van der Waals surface area (Å²) in [4.78, 5) is 42.4. The van der Waals surface area contributed by atoms with Crippen LogP contribution in [0.5, 0.6) is 0 Å². The van der Waals surface area contributed by atoms with E-state index in [0.717, 1.165) is 61.6 Å². The van der Waals surface area contributed by atoms with E-state index < -0.39 is 23.8 Å². The van der Waals surface area contributed by atoms with Gasteiger partial charge < -0.3 is 20.3 Å². The van der Waals surface area contributed by atoms with Crippen LogP contribution in [0.2, 0.25) is 0 Å². The monoisotopic (exact) mass is 563 g/mol. The van der Waals surface area contributed by atoms with Crippen LogP contribution in [-0.2, 0) is 14.3 Å². The molecule has 8 heteroatoms. The van der Waals surface area contributed by atoms with Crippen LogP contribution in [0.25, 0.3) is 0 Å². The molecule has 1 aromatic rings. The maximum absolute atomic E-state index is 14.3. The van der Waals surface area contributed by atoms with Crippen molar-refractivity contribution in [3.63, 3.8) is 0 Å². The third kappa shape index (κ3) is 13.6. The molecule has 0 aliphatic carbocycles. The number of carbonyl (C=O) groups excluding carboxylic acids is 3. The molecule has 39 heavy (non-hydrogen) atoms. The first-order valence-electron chi connectivity index (χ1n) is 14.6. The summed E-state index contributed by atoms with van der Waals surface area (Å²) in [7, 11) is 0. The molecule has 0 fully saturated rings.